The summed E-state index contributed by atoms with van der Waals surface area (Å²) in [5, 5.41) is 0. The smallest absolute Gasteiger partial charge is 0.298 e. The molecule has 1 aliphatic rings. The van der Waals surface area contributed by atoms with Gasteiger partial charge in [-0.3, -0.25) is 4.79 Å². The lowest BCUT2D eigenvalue weighted by atomic mass is 10.1. The first-order chi connectivity index (χ1) is 9.16. The predicted octanol–water partition coefficient (Wildman–Crippen LogP) is 2.12. The molecule has 1 aromatic rings. The number of piperidine rings is 1. The van der Waals surface area contributed by atoms with Crippen molar-refractivity contribution in [2.45, 2.75) is 19.3 Å². The Hall–Kier alpha value is -1.95. The van der Waals surface area contributed by atoms with Gasteiger partial charge in [-0.05, 0) is 43.5 Å². The lowest BCUT2D eigenvalue weighted by Crippen LogP contribution is -2.34. The maximum atomic E-state index is 11.9. The molecule has 3 nitrogen and oxygen atoms in total. The van der Waals surface area contributed by atoms with Crippen molar-refractivity contribution in [2.75, 3.05) is 32.1 Å². The third-order valence-corrected chi connectivity index (χ3v) is 3.34. The van der Waals surface area contributed by atoms with Crippen LogP contribution in [-0.2, 0) is 4.79 Å². The molecule has 0 unspecified atom stereocenters. The van der Waals surface area contributed by atoms with Crippen molar-refractivity contribution in [2.24, 2.45) is 0 Å². The van der Waals surface area contributed by atoms with Crippen LogP contribution in [0, 0.1) is 11.8 Å². The van der Waals surface area contributed by atoms with Crippen LogP contribution in [-0.4, -0.2) is 38.0 Å². The van der Waals surface area contributed by atoms with Crippen LogP contribution in [0.15, 0.2) is 24.3 Å². The third-order valence-electron chi connectivity index (χ3n) is 3.34. The molecule has 0 spiro atoms. The molecule has 0 radical (unpaired) electrons. The van der Waals surface area contributed by atoms with E-state index in [-0.39, 0.29) is 5.91 Å². The van der Waals surface area contributed by atoms with E-state index in [1.165, 1.54) is 6.42 Å². The Morgan fingerprint density at radius 2 is 1.74 bits per heavy atom. The van der Waals surface area contributed by atoms with Crippen LogP contribution in [0.4, 0.5) is 5.69 Å². The first kappa shape index (κ1) is 13.5. The molecular formula is C16H20N2O. The molecule has 0 aliphatic carbocycles. The van der Waals surface area contributed by atoms with E-state index in [0.717, 1.165) is 37.2 Å². The fourth-order valence-electron chi connectivity index (χ4n) is 2.14. The van der Waals surface area contributed by atoms with Crippen LogP contribution in [0.5, 0.6) is 0 Å². The van der Waals surface area contributed by atoms with Gasteiger partial charge in [0, 0.05) is 44.4 Å². The molecule has 1 aromatic carbocycles. The van der Waals surface area contributed by atoms with Crippen LogP contribution in [0.2, 0.25) is 0 Å². The van der Waals surface area contributed by atoms with E-state index in [1.54, 1.807) is 0 Å². The number of likely N-dealkylation sites (tertiary alicyclic amines) is 1. The zero-order chi connectivity index (χ0) is 13.7. The van der Waals surface area contributed by atoms with Gasteiger partial charge in [-0.2, -0.15) is 0 Å². The van der Waals surface area contributed by atoms with E-state index in [1.807, 2.05) is 48.2 Å². The Morgan fingerprint density at radius 3 is 2.32 bits per heavy atom. The van der Waals surface area contributed by atoms with Gasteiger partial charge in [-0.15, -0.1) is 0 Å². The van der Waals surface area contributed by atoms with Gasteiger partial charge in [0.25, 0.3) is 5.91 Å². The number of carbonyl (C=O) groups excluding carboxylic acids is 1. The van der Waals surface area contributed by atoms with Gasteiger partial charge in [0.05, 0.1) is 0 Å². The number of anilines is 1. The maximum absolute atomic E-state index is 11.9. The normalized spacial score (nSPS) is 14.5. The number of benzene rings is 1. The zero-order valence-electron chi connectivity index (χ0n) is 11.6. The highest BCUT2D eigenvalue weighted by atomic mass is 16.2. The van der Waals surface area contributed by atoms with Crippen molar-refractivity contribution >= 4 is 11.6 Å². The van der Waals surface area contributed by atoms with Crippen LogP contribution in [0.3, 0.4) is 0 Å². The number of hydrogen-bond acceptors (Lipinski definition) is 2. The molecule has 1 heterocycles. The Labute approximate surface area is 115 Å². The molecule has 0 bridgehead atoms. The molecule has 1 saturated heterocycles. The fraction of sp³-hybridized carbons (Fsp3) is 0.438. The molecule has 0 aromatic heterocycles. The molecule has 0 N–H and O–H groups in total. The van der Waals surface area contributed by atoms with Crippen LogP contribution < -0.4 is 4.90 Å². The molecular weight excluding hydrogens is 236 g/mol. The maximum Gasteiger partial charge on any atom is 0.298 e. The van der Waals surface area contributed by atoms with Crippen molar-refractivity contribution in [3.8, 4) is 11.8 Å². The second-order valence-electron chi connectivity index (χ2n) is 5.04. The van der Waals surface area contributed by atoms with Crippen molar-refractivity contribution in [3.05, 3.63) is 29.8 Å². The Bertz CT molecular complexity index is 488. The highest BCUT2D eigenvalue weighted by Gasteiger charge is 2.13. The van der Waals surface area contributed by atoms with Crippen molar-refractivity contribution in [1.29, 1.82) is 0 Å². The minimum absolute atomic E-state index is 0.0450. The van der Waals surface area contributed by atoms with Crippen molar-refractivity contribution in [1.82, 2.24) is 4.90 Å². The molecule has 3 heteroatoms. The fourth-order valence-corrected chi connectivity index (χ4v) is 2.14. The van der Waals surface area contributed by atoms with E-state index in [2.05, 4.69) is 11.8 Å². The number of rotatable bonds is 1. The summed E-state index contributed by atoms with van der Waals surface area (Å²) in [4.78, 5) is 15.8. The standard InChI is InChI=1S/C16H20N2O/c1-17(2)15-9-6-14(7-10-15)8-11-16(19)18-12-4-3-5-13-18/h6-7,9-10H,3-5,12-13H2,1-2H3. The summed E-state index contributed by atoms with van der Waals surface area (Å²) >= 11 is 0. The minimum atomic E-state index is -0.0450. The second-order valence-corrected chi connectivity index (χ2v) is 5.04. The highest BCUT2D eigenvalue weighted by Crippen LogP contribution is 2.11. The summed E-state index contributed by atoms with van der Waals surface area (Å²) in [6, 6.07) is 7.92. The topological polar surface area (TPSA) is 23.6 Å². The molecule has 2 rings (SSSR count). The largest absolute Gasteiger partial charge is 0.378 e. The summed E-state index contributed by atoms with van der Waals surface area (Å²) in [5.41, 5.74) is 2.02. The first-order valence-corrected chi connectivity index (χ1v) is 6.75. The van der Waals surface area contributed by atoms with Crippen LogP contribution in [0.25, 0.3) is 0 Å². The van der Waals surface area contributed by atoms with Crippen molar-refractivity contribution in [3.63, 3.8) is 0 Å². The average Bonchev–Trinajstić information content (AvgIpc) is 2.46. The van der Waals surface area contributed by atoms with E-state index in [4.69, 9.17) is 0 Å². The predicted molar refractivity (Wildman–Crippen MR) is 78.1 cm³/mol. The highest BCUT2D eigenvalue weighted by molar-refractivity contribution is 5.94. The van der Waals surface area contributed by atoms with Crippen LogP contribution >= 0.6 is 0 Å². The zero-order valence-corrected chi connectivity index (χ0v) is 11.6. The minimum Gasteiger partial charge on any atom is -0.378 e. The summed E-state index contributed by atoms with van der Waals surface area (Å²) in [5.74, 6) is 5.64. The summed E-state index contributed by atoms with van der Waals surface area (Å²) < 4.78 is 0. The van der Waals surface area contributed by atoms with Gasteiger partial charge in [-0.1, -0.05) is 5.92 Å². The van der Waals surface area contributed by atoms with Crippen molar-refractivity contribution < 1.29 is 4.79 Å². The number of nitrogens with zero attached hydrogens (tertiary/aromatic N) is 2. The third kappa shape index (κ3) is 3.75. The Kier molecular flexibility index (Phi) is 4.46. The van der Waals surface area contributed by atoms with Gasteiger partial charge in [0.1, 0.15) is 0 Å². The number of amides is 1. The SMILES string of the molecule is CN(C)c1ccc(C#CC(=O)N2CCCCC2)cc1. The molecule has 1 amide bonds. The van der Waals surface area contributed by atoms with Gasteiger partial charge < -0.3 is 9.80 Å². The quantitative estimate of drug-likeness (QED) is 0.719. The average molecular weight is 256 g/mol. The summed E-state index contributed by atoms with van der Waals surface area (Å²) in [7, 11) is 4.00. The van der Waals surface area contributed by atoms with E-state index in [0.29, 0.717) is 0 Å². The van der Waals surface area contributed by atoms with Gasteiger partial charge in [-0.25, -0.2) is 0 Å². The molecule has 0 saturated carbocycles. The number of carbonyl (C=O) groups is 1. The van der Waals surface area contributed by atoms with E-state index in [9.17, 15) is 4.79 Å². The second kappa shape index (κ2) is 6.29. The van der Waals surface area contributed by atoms with Gasteiger partial charge in [0.2, 0.25) is 0 Å². The Morgan fingerprint density at radius 1 is 1.11 bits per heavy atom. The summed E-state index contributed by atoms with van der Waals surface area (Å²) in [6.45, 7) is 1.71. The molecule has 1 aliphatic heterocycles. The lowest BCUT2D eigenvalue weighted by molar-refractivity contribution is -0.125. The van der Waals surface area contributed by atoms with Gasteiger partial charge in [0.15, 0.2) is 0 Å². The van der Waals surface area contributed by atoms with E-state index >= 15 is 0 Å². The number of hydrogen-bond donors (Lipinski definition) is 0. The van der Waals surface area contributed by atoms with E-state index < -0.39 is 0 Å². The van der Waals surface area contributed by atoms with Gasteiger partial charge >= 0.3 is 0 Å². The molecule has 0 atom stereocenters. The van der Waals surface area contributed by atoms with Crippen LogP contribution in [0.1, 0.15) is 24.8 Å². The Balaban J connectivity index is 2.00. The first-order valence-electron chi connectivity index (χ1n) is 6.75. The summed E-state index contributed by atoms with van der Waals surface area (Å²) in [6.07, 6.45) is 3.43. The molecule has 100 valence electrons. The molecule has 19 heavy (non-hydrogen) atoms. The monoisotopic (exact) mass is 256 g/mol. The lowest BCUT2D eigenvalue weighted by Gasteiger charge is -2.24. The molecule has 1 fully saturated rings.